The molecule has 1 aliphatic heterocycles. The van der Waals surface area contributed by atoms with Gasteiger partial charge in [-0.3, -0.25) is 4.79 Å². The van der Waals surface area contributed by atoms with Crippen molar-refractivity contribution in [2.45, 2.75) is 135 Å². The van der Waals surface area contributed by atoms with Crippen LogP contribution in [0.4, 0.5) is 0 Å². The molecule has 3 fully saturated rings. The van der Waals surface area contributed by atoms with E-state index in [1.807, 2.05) is 0 Å². The van der Waals surface area contributed by atoms with E-state index >= 15 is 0 Å². The fourth-order valence-electron chi connectivity index (χ4n) is 7.30. The van der Waals surface area contributed by atoms with Crippen LogP contribution in [0.25, 0.3) is 0 Å². The third kappa shape index (κ3) is 5.36. The molecule has 1 saturated heterocycles. The highest BCUT2D eigenvalue weighted by Gasteiger charge is 2.55. The topological polar surface area (TPSA) is 75.8 Å². The lowest BCUT2D eigenvalue weighted by Crippen LogP contribution is -2.61. The highest BCUT2D eigenvalue weighted by molar-refractivity contribution is 5.81. The summed E-state index contributed by atoms with van der Waals surface area (Å²) >= 11 is 0. The number of carbonyl (C=O) groups is 1. The van der Waals surface area contributed by atoms with Gasteiger partial charge in [-0.2, -0.15) is 0 Å². The number of amides is 1. The largest absolute Gasteiger partial charge is 0.393 e. The molecule has 2 aliphatic carbocycles. The molecular formula is C27H50N2O3. The molecular weight excluding hydrogens is 400 g/mol. The molecule has 0 aromatic rings. The number of carbonyl (C=O) groups excluding carboxylic acids is 1. The lowest BCUT2D eigenvalue weighted by molar-refractivity contribution is -0.153. The number of fused-ring (bicyclic) bond motifs is 1. The van der Waals surface area contributed by atoms with Gasteiger partial charge in [0.2, 0.25) is 0 Å². The summed E-state index contributed by atoms with van der Waals surface area (Å²) in [5, 5.41) is 10.8. The minimum Gasteiger partial charge on any atom is -0.393 e. The number of hydrogen-bond donors (Lipinski definition) is 2. The average Bonchev–Trinajstić information content (AvgIpc) is 2.73. The maximum Gasteiger partial charge on any atom is 0.252 e. The molecule has 32 heavy (non-hydrogen) atoms. The zero-order valence-electron chi connectivity index (χ0n) is 21.5. The van der Waals surface area contributed by atoms with Crippen LogP contribution in [0.1, 0.15) is 112 Å². The summed E-state index contributed by atoms with van der Waals surface area (Å²) in [5.41, 5.74) is 6.57. The van der Waals surface area contributed by atoms with E-state index in [0.717, 1.165) is 83.6 Å². The van der Waals surface area contributed by atoms with Crippen molar-refractivity contribution < 1.29 is 14.6 Å². The Morgan fingerprint density at radius 2 is 1.91 bits per heavy atom. The molecule has 5 heteroatoms. The number of aliphatic hydroxyl groups is 1. The number of hydrogen-bond acceptors (Lipinski definition) is 4. The number of aliphatic hydroxyl groups excluding tert-OH is 1. The SMILES string of the molecule is CCCCN(C(=O)C1CCCCO1)C(C)(C)CCC1C(C)(N)CCC2C(O)CCCC21C. The van der Waals surface area contributed by atoms with Gasteiger partial charge >= 0.3 is 0 Å². The summed E-state index contributed by atoms with van der Waals surface area (Å²) in [7, 11) is 0. The Balaban J connectivity index is 1.76. The first-order valence-corrected chi connectivity index (χ1v) is 13.4. The molecule has 5 nitrogen and oxygen atoms in total. The zero-order valence-corrected chi connectivity index (χ0v) is 21.5. The first-order chi connectivity index (χ1) is 15.0. The highest BCUT2D eigenvalue weighted by atomic mass is 16.5. The van der Waals surface area contributed by atoms with E-state index in [0.29, 0.717) is 18.4 Å². The summed E-state index contributed by atoms with van der Waals surface area (Å²) in [6.45, 7) is 12.8. The maximum atomic E-state index is 13.5. The van der Waals surface area contributed by atoms with Gasteiger partial charge in [-0.1, -0.05) is 26.7 Å². The monoisotopic (exact) mass is 450 g/mol. The molecule has 6 unspecified atom stereocenters. The van der Waals surface area contributed by atoms with Gasteiger partial charge in [0.15, 0.2) is 0 Å². The van der Waals surface area contributed by atoms with Crippen molar-refractivity contribution in [3.63, 3.8) is 0 Å². The Morgan fingerprint density at radius 3 is 2.56 bits per heavy atom. The molecule has 0 aromatic heterocycles. The number of nitrogens with two attached hydrogens (primary N) is 1. The van der Waals surface area contributed by atoms with Crippen molar-refractivity contribution in [3.05, 3.63) is 0 Å². The van der Waals surface area contributed by atoms with E-state index in [9.17, 15) is 9.90 Å². The first kappa shape index (κ1) is 26.0. The van der Waals surface area contributed by atoms with E-state index in [1.165, 1.54) is 0 Å². The van der Waals surface area contributed by atoms with Gasteiger partial charge in [-0.15, -0.1) is 0 Å². The molecule has 3 rings (SSSR count). The predicted octanol–water partition coefficient (Wildman–Crippen LogP) is 5.04. The molecule has 6 atom stereocenters. The van der Waals surface area contributed by atoms with Gasteiger partial charge in [-0.25, -0.2) is 0 Å². The fraction of sp³-hybridized carbons (Fsp3) is 0.963. The smallest absolute Gasteiger partial charge is 0.252 e. The van der Waals surface area contributed by atoms with Crippen LogP contribution in [0.15, 0.2) is 0 Å². The van der Waals surface area contributed by atoms with Gasteiger partial charge in [0.25, 0.3) is 5.91 Å². The van der Waals surface area contributed by atoms with Gasteiger partial charge < -0.3 is 20.5 Å². The Hall–Kier alpha value is -0.650. The van der Waals surface area contributed by atoms with Gasteiger partial charge in [-0.05, 0) is 102 Å². The lowest BCUT2D eigenvalue weighted by Gasteiger charge is -2.59. The fourth-order valence-corrected chi connectivity index (χ4v) is 7.30. The van der Waals surface area contributed by atoms with E-state index in [2.05, 4.69) is 39.5 Å². The molecule has 0 aromatic carbocycles. The molecule has 1 heterocycles. The van der Waals surface area contributed by atoms with Crippen molar-refractivity contribution in [3.8, 4) is 0 Å². The molecule has 0 bridgehead atoms. The van der Waals surface area contributed by atoms with Crippen LogP contribution in [0.2, 0.25) is 0 Å². The van der Waals surface area contributed by atoms with E-state index in [4.69, 9.17) is 10.5 Å². The quantitative estimate of drug-likeness (QED) is 0.543. The van der Waals surface area contributed by atoms with E-state index in [-0.39, 0.29) is 34.6 Å². The second-order valence-corrected chi connectivity index (χ2v) is 12.2. The number of rotatable bonds is 8. The van der Waals surface area contributed by atoms with Crippen molar-refractivity contribution in [1.82, 2.24) is 4.90 Å². The Bertz CT molecular complexity index is 628. The summed E-state index contributed by atoms with van der Waals surface area (Å²) in [4.78, 5) is 15.6. The van der Waals surface area contributed by atoms with Gasteiger partial charge in [0.05, 0.1) is 6.10 Å². The minimum absolute atomic E-state index is 0.0836. The van der Waals surface area contributed by atoms with Crippen LogP contribution < -0.4 is 5.73 Å². The molecule has 3 aliphatic rings. The standard InChI is InChI=1S/C27H50N2O3/c1-6-7-18-29(24(31)22-12-8-9-19-32-22)25(2,3)16-14-23-26(4)15-10-11-21(30)20(26)13-17-27(23,5)28/h20-23,30H,6-19,28H2,1-5H3. The summed E-state index contributed by atoms with van der Waals surface area (Å²) in [5.74, 6) is 0.894. The average molecular weight is 451 g/mol. The maximum absolute atomic E-state index is 13.5. The van der Waals surface area contributed by atoms with E-state index < -0.39 is 0 Å². The molecule has 2 saturated carbocycles. The van der Waals surface area contributed by atoms with Crippen molar-refractivity contribution in [1.29, 1.82) is 0 Å². The second-order valence-electron chi connectivity index (χ2n) is 12.2. The minimum atomic E-state index is -0.273. The lowest BCUT2D eigenvalue weighted by atomic mass is 9.49. The summed E-state index contributed by atoms with van der Waals surface area (Å²) in [6.07, 6.45) is 11.7. The van der Waals surface area contributed by atoms with Crippen LogP contribution in [0.5, 0.6) is 0 Å². The summed E-state index contributed by atoms with van der Waals surface area (Å²) in [6, 6.07) is 0. The zero-order chi connectivity index (χ0) is 23.6. The van der Waals surface area contributed by atoms with Crippen LogP contribution >= 0.6 is 0 Å². The van der Waals surface area contributed by atoms with Crippen molar-refractivity contribution in [2.24, 2.45) is 23.0 Å². The number of unbranched alkanes of at least 4 members (excludes halogenated alkanes) is 1. The third-order valence-electron chi connectivity index (χ3n) is 9.34. The predicted molar refractivity (Wildman–Crippen MR) is 130 cm³/mol. The Kier molecular flexibility index (Phi) is 8.37. The number of ether oxygens (including phenoxy) is 1. The second kappa shape index (κ2) is 10.3. The molecule has 3 N–H and O–H groups in total. The van der Waals surface area contributed by atoms with Crippen LogP contribution in [0.3, 0.4) is 0 Å². The first-order valence-electron chi connectivity index (χ1n) is 13.4. The van der Waals surface area contributed by atoms with Crippen LogP contribution in [-0.4, -0.2) is 52.4 Å². The van der Waals surface area contributed by atoms with Crippen molar-refractivity contribution >= 4 is 5.91 Å². The molecule has 0 spiro atoms. The van der Waals surface area contributed by atoms with Crippen LogP contribution in [0, 0.1) is 17.3 Å². The molecule has 1 amide bonds. The number of nitrogens with zero attached hydrogens (tertiary/aromatic N) is 1. The van der Waals surface area contributed by atoms with Gasteiger partial charge in [0.1, 0.15) is 6.10 Å². The van der Waals surface area contributed by atoms with Crippen LogP contribution in [-0.2, 0) is 9.53 Å². The van der Waals surface area contributed by atoms with E-state index in [1.54, 1.807) is 0 Å². The Morgan fingerprint density at radius 1 is 1.16 bits per heavy atom. The molecule has 0 radical (unpaired) electrons. The van der Waals surface area contributed by atoms with Crippen molar-refractivity contribution in [2.75, 3.05) is 13.2 Å². The Labute approximate surface area is 196 Å². The normalized spacial score (nSPS) is 38.2. The highest BCUT2D eigenvalue weighted by Crippen LogP contribution is 2.57. The molecule has 186 valence electrons. The summed E-state index contributed by atoms with van der Waals surface area (Å²) < 4.78 is 5.88. The van der Waals surface area contributed by atoms with Gasteiger partial charge in [0, 0.05) is 24.2 Å². The third-order valence-corrected chi connectivity index (χ3v) is 9.34.